The van der Waals surface area contributed by atoms with Gasteiger partial charge < -0.3 is 4.98 Å². The molecule has 0 amide bonds. The quantitative estimate of drug-likeness (QED) is 0.618. The summed E-state index contributed by atoms with van der Waals surface area (Å²) in [5.41, 5.74) is 1.28. The van der Waals surface area contributed by atoms with Gasteiger partial charge in [-0.05, 0) is 13.0 Å². The summed E-state index contributed by atoms with van der Waals surface area (Å²) in [5, 5.41) is 0. The standard InChI is InChI=1S/C7H8N2O/c1-3-6-5(2)8-4-7(10)9-6/h3-4H,1H2,2H3,(H,9,10). The average Bonchev–Trinajstić information content (AvgIpc) is 1.94. The summed E-state index contributed by atoms with van der Waals surface area (Å²) in [7, 11) is 0. The van der Waals surface area contributed by atoms with Crippen molar-refractivity contribution in [3.63, 3.8) is 0 Å². The van der Waals surface area contributed by atoms with E-state index in [4.69, 9.17) is 0 Å². The summed E-state index contributed by atoms with van der Waals surface area (Å²) >= 11 is 0. The Kier molecular flexibility index (Phi) is 1.67. The molecule has 0 fully saturated rings. The smallest absolute Gasteiger partial charge is 0.266 e. The van der Waals surface area contributed by atoms with Gasteiger partial charge >= 0.3 is 0 Å². The molecule has 0 radical (unpaired) electrons. The monoisotopic (exact) mass is 136 g/mol. The lowest BCUT2D eigenvalue weighted by atomic mass is 10.3. The van der Waals surface area contributed by atoms with E-state index in [0.717, 1.165) is 5.69 Å². The first kappa shape index (κ1) is 6.74. The SMILES string of the molecule is C=Cc1[nH]c(=O)cnc1C. The van der Waals surface area contributed by atoms with Crippen molar-refractivity contribution in [2.45, 2.75) is 6.92 Å². The van der Waals surface area contributed by atoms with Gasteiger partial charge in [-0.3, -0.25) is 9.78 Å². The summed E-state index contributed by atoms with van der Waals surface area (Å²) in [6.45, 7) is 5.34. The molecule has 0 spiro atoms. The van der Waals surface area contributed by atoms with Crippen molar-refractivity contribution in [1.29, 1.82) is 0 Å². The van der Waals surface area contributed by atoms with Gasteiger partial charge in [-0.1, -0.05) is 6.58 Å². The predicted molar refractivity (Wildman–Crippen MR) is 39.7 cm³/mol. The predicted octanol–water partition coefficient (Wildman–Crippen LogP) is 0.721. The van der Waals surface area contributed by atoms with Crippen molar-refractivity contribution < 1.29 is 0 Å². The van der Waals surface area contributed by atoms with E-state index < -0.39 is 0 Å². The van der Waals surface area contributed by atoms with Crippen LogP contribution in [0.25, 0.3) is 6.08 Å². The fourth-order valence-corrected chi connectivity index (χ4v) is 0.679. The molecule has 1 N–H and O–H groups in total. The first-order chi connectivity index (χ1) is 4.74. The number of nitrogens with zero attached hydrogens (tertiary/aromatic N) is 1. The third-order valence-corrected chi connectivity index (χ3v) is 1.23. The highest BCUT2D eigenvalue weighted by molar-refractivity contribution is 5.43. The molecule has 3 nitrogen and oxygen atoms in total. The van der Waals surface area contributed by atoms with Gasteiger partial charge in [0.05, 0.1) is 17.6 Å². The van der Waals surface area contributed by atoms with E-state index in [9.17, 15) is 4.79 Å². The molecule has 0 saturated carbocycles. The van der Waals surface area contributed by atoms with Crippen LogP contribution in [0.15, 0.2) is 17.6 Å². The fourth-order valence-electron chi connectivity index (χ4n) is 0.679. The fraction of sp³-hybridized carbons (Fsp3) is 0.143. The van der Waals surface area contributed by atoms with E-state index in [1.807, 2.05) is 6.92 Å². The molecule has 3 heteroatoms. The number of hydrogen-bond acceptors (Lipinski definition) is 2. The van der Waals surface area contributed by atoms with Gasteiger partial charge in [-0.2, -0.15) is 0 Å². The van der Waals surface area contributed by atoms with Crippen molar-refractivity contribution in [1.82, 2.24) is 9.97 Å². The molecule has 1 rings (SSSR count). The maximum Gasteiger partial charge on any atom is 0.266 e. The third-order valence-electron chi connectivity index (χ3n) is 1.23. The Hall–Kier alpha value is -1.38. The Bertz CT molecular complexity index is 301. The van der Waals surface area contributed by atoms with Crippen LogP contribution in [0.5, 0.6) is 0 Å². The molecule has 10 heavy (non-hydrogen) atoms. The van der Waals surface area contributed by atoms with Crippen LogP contribution in [-0.2, 0) is 0 Å². The number of H-pyrrole nitrogens is 1. The van der Waals surface area contributed by atoms with E-state index in [2.05, 4.69) is 16.5 Å². The van der Waals surface area contributed by atoms with Crippen molar-refractivity contribution in [3.8, 4) is 0 Å². The van der Waals surface area contributed by atoms with Crippen molar-refractivity contribution in [2.75, 3.05) is 0 Å². The molecule has 52 valence electrons. The van der Waals surface area contributed by atoms with Crippen LogP contribution in [0.2, 0.25) is 0 Å². The zero-order valence-corrected chi connectivity index (χ0v) is 5.72. The Morgan fingerprint density at radius 3 is 3.00 bits per heavy atom. The van der Waals surface area contributed by atoms with E-state index >= 15 is 0 Å². The lowest BCUT2D eigenvalue weighted by Crippen LogP contribution is -2.08. The molecule has 1 heterocycles. The summed E-state index contributed by atoms with van der Waals surface area (Å²) in [6, 6.07) is 0. The number of rotatable bonds is 1. The van der Waals surface area contributed by atoms with Gasteiger partial charge in [-0.25, -0.2) is 0 Å². The van der Waals surface area contributed by atoms with Crippen LogP contribution >= 0.6 is 0 Å². The number of hydrogen-bond donors (Lipinski definition) is 1. The van der Waals surface area contributed by atoms with E-state index in [1.165, 1.54) is 6.20 Å². The molecule has 0 bridgehead atoms. The highest BCUT2D eigenvalue weighted by atomic mass is 16.1. The summed E-state index contributed by atoms with van der Waals surface area (Å²) < 4.78 is 0. The minimum Gasteiger partial charge on any atom is -0.320 e. The van der Waals surface area contributed by atoms with Gasteiger partial charge in [0.1, 0.15) is 0 Å². The van der Waals surface area contributed by atoms with Crippen molar-refractivity contribution in [3.05, 3.63) is 34.5 Å². The Labute approximate surface area is 58.4 Å². The largest absolute Gasteiger partial charge is 0.320 e. The number of aromatic nitrogens is 2. The second-order valence-corrected chi connectivity index (χ2v) is 1.95. The van der Waals surface area contributed by atoms with Crippen LogP contribution in [-0.4, -0.2) is 9.97 Å². The maximum absolute atomic E-state index is 10.6. The summed E-state index contributed by atoms with van der Waals surface area (Å²) in [5.74, 6) is 0. The Morgan fingerprint density at radius 2 is 2.50 bits per heavy atom. The molecular weight excluding hydrogens is 128 g/mol. The molecule has 0 unspecified atom stereocenters. The molecule has 1 aromatic heterocycles. The Morgan fingerprint density at radius 1 is 1.80 bits per heavy atom. The van der Waals surface area contributed by atoms with Gasteiger partial charge in [0.15, 0.2) is 0 Å². The molecule has 0 atom stereocenters. The normalized spacial score (nSPS) is 9.30. The van der Waals surface area contributed by atoms with Gasteiger partial charge in [-0.15, -0.1) is 0 Å². The number of aryl methyl sites for hydroxylation is 1. The van der Waals surface area contributed by atoms with E-state index in [0.29, 0.717) is 5.69 Å². The zero-order chi connectivity index (χ0) is 7.56. The molecular formula is C7H8N2O. The topological polar surface area (TPSA) is 45.8 Å². The third kappa shape index (κ3) is 1.13. The van der Waals surface area contributed by atoms with Gasteiger partial charge in [0.2, 0.25) is 0 Å². The van der Waals surface area contributed by atoms with E-state index in [1.54, 1.807) is 6.08 Å². The number of nitrogens with one attached hydrogen (secondary N) is 1. The molecule has 1 aromatic rings. The van der Waals surface area contributed by atoms with Gasteiger partial charge in [0, 0.05) is 0 Å². The molecule has 0 aromatic carbocycles. The minimum atomic E-state index is -0.194. The highest BCUT2D eigenvalue weighted by Crippen LogP contribution is 1.96. The lowest BCUT2D eigenvalue weighted by molar-refractivity contribution is 1.06. The minimum absolute atomic E-state index is 0.194. The Balaban J connectivity index is 3.35. The lowest BCUT2D eigenvalue weighted by Gasteiger charge is -1.94. The van der Waals surface area contributed by atoms with Crippen LogP contribution in [0.4, 0.5) is 0 Å². The first-order valence-electron chi connectivity index (χ1n) is 2.92. The van der Waals surface area contributed by atoms with Crippen molar-refractivity contribution in [2.24, 2.45) is 0 Å². The second-order valence-electron chi connectivity index (χ2n) is 1.95. The van der Waals surface area contributed by atoms with Crippen LogP contribution < -0.4 is 5.56 Å². The summed E-state index contributed by atoms with van der Waals surface area (Å²) in [4.78, 5) is 17.1. The van der Waals surface area contributed by atoms with Crippen molar-refractivity contribution >= 4 is 6.08 Å². The van der Waals surface area contributed by atoms with Crippen LogP contribution in [0.3, 0.4) is 0 Å². The average molecular weight is 136 g/mol. The van der Waals surface area contributed by atoms with Crippen LogP contribution in [0.1, 0.15) is 11.4 Å². The zero-order valence-electron chi connectivity index (χ0n) is 5.72. The van der Waals surface area contributed by atoms with E-state index in [-0.39, 0.29) is 5.56 Å². The second kappa shape index (κ2) is 2.47. The molecule has 0 saturated heterocycles. The molecule has 0 aliphatic carbocycles. The number of aromatic amines is 1. The highest BCUT2D eigenvalue weighted by Gasteiger charge is 1.92. The maximum atomic E-state index is 10.6. The molecule has 0 aliphatic heterocycles. The van der Waals surface area contributed by atoms with Gasteiger partial charge in [0.25, 0.3) is 5.56 Å². The molecule has 0 aliphatic rings. The van der Waals surface area contributed by atoms with Crippen LogP contribution in [0, 0.1) is 6.92 Å². The first-order valence-corrected chi connectivity index (χ1v) is 2.92. The summed E-state index contributed by atoms with van der Waals surface area (Å²) in [6.07, 6.45) is 2.83.